The van der Waals surface area contributed by atoms with Gasteiger partial charge in [0.2, 0.25) is 5.96 Å². The van der Waals surface area contributed by atoms with Gasteiger partial charge >= 0.3 is 0 Å². The Morgan fingerprint density at radius 3 is 2.88 bits per heavy atom. The number of hydrazine groups is 1. The summed E-state index contributed by atoms with van der Waals surface area (Å²) in [5.74, 6) is 5.98. The van der Waals surface area contributed by atoms with Crippen LogP contribution in [0.25, 0.3) is 0 Å². The lowest BCUT2D eigenvalue weighted by Crippen LogP contribution is -2.36. The van der Waals surface area contributed by atoms with Crippen molar-refractivity contribution in [3.8, 4) is 0 Å². The number of hydrogen-bond donors (Lipinski definition) is 3. The largest absolute Gasteiger partial charge is 0.324 e. The van der Waals surface area contributed by atoms with E-state index in [4.69, 9.17) is 17.4 Å². The summed E-state index contributed by atoms with van der Waals surface area (Å²) in [4.78, 5) is 4.32. The van der Waals surface area contributed by atoms with E-state index in [2.05, 4.69) is 45.2 Å². The van der Waals surface area contributed by atoms with E-state index in [9.17, 15) is 0 Å². The molecule has 0 saturated heterocycles. The van der Waals surface area contributed by atoms with E-state index in [1.165, 1.54) is 0 Å². The van der Waals surface area contributed by atoms with Crippen molar-refractivity contribution in [2.75, 3.05) is 11.9 Å². The number of nitrogens with two attached hydrogens (primary N) is 1. The number of hydrogen-bond acceptors (Lipinski definition) is 2. The highest BCUT2D eigenvalue weighted by atomic mass is 127. The third kappa shape index (κ3) is 5.10. The number of benzene rings is 1. The highest BCUT2D eigenvalue weighted by Crippen LogP contribution is 2.22. The molecule has 0 radical (unpaired) electrons. The van der Waals surface area contributed by atoms with Gasteiger partial charge in [-0.05, 0) is 47.2 Å². The molecule has 4 N–H and O–H groups in total. The van der Waals surface area contributed by atoms with Crippen LogP contribution < -0.4 is 16.6 Å². The maximum Gasteiger partial charge on any atom is 0.210 e. The van der Waals surface area contributed by atoms with Crippen LogP contribution in [0.15, 0.2) is 23.2 Å². The summed E-state index contributed by atoms with van der Waals surface area (Å²) in [6.07, 6.45) is 2.16. The van der Waals surface area contributed by atoms with E-state index >= 15 is 0 Å². The second kappa shape index (κ2) is 7.73. The number of halogens is 2. The fraction of sp³-hybridized carbons (Fsp3) is 0.364. The van der Waals surface area contributed by atoms with Crippen molar-refractivity contribution in [3.63, 3.8) is 0 Å². The normalized spacial score (nSPS) is 11.4. The Kier molecular flexibility index (Phi) is 6.61. The van der Waals surface area contributed by atoms with E-state index in [-0.39, 0.29) is 0 Å². The lowest BCUT2D eigenvalue weighted by molar-refractivity contribution is 0.801. The Balaban J connectivity index is 2.70. The topological polar surface area (TPSA) is 62.4 Å². The molecule has 0 fully saturated rings. The van der Waals surface area contributed by atoms with E-state index in [1.54, 1.807) is 0 Å². The summed E-state index contributed by atoms with van der Waals surface area (Å²) in [7, 11) is 0. The predicted octanol–water partition coefficient (Wildman–Crippen LogP) is 2.98. The average molecular weight is 367 g/mol. The first-order valence-corrected chi connectivity index (χ1v) is 6.86. The Morgan fingerprint density at radius 2 is 2.29 bits per heavy atom. The van der Waals surface area contributed by atoms with E-state index in [1.807, 2.05) is 18.2 Å². The minimum atomic E-state index is 0.568. The minimum Gasteiger partial charge on any atom is -0.324 e. The lowest BCUT2D eigenvalue weighted by atomic mass is 10.3. The van der Waals surface area contributed by atoms with Crippen molar-refractivity contribution in [2.24, 2.45) is 10.8 Å². The first-order chi connectivity index (χ1) is 8.17. The molecule has 0 aliphatic rings. The number of anilines is 1. The molecule has 94 valence electrons. The third-order valence-corrected chi connectivity index (χ3v) is 3.23. The second-order valence-corrected chi connectivity index (χ2v) is 5.08. The quantitative estimate of drug-likeness (QED) is 0.192. The highest BCUT2D eigenvalue weighted by Gasteiger charge is 2.02. The van der Waals surface area contributed by atoms with E-state index in [0.29, 0.717) is 11.0 Å². The zero-order valence-electron chi connectivity index (χ0n) is 9.63. The van der Waals surface area contributed by atoms with Gasteiger partial charge in [-0.3, -0.25) is 10.4 Å². The minimum absolute atomic E-state index is 0.568. The molecular weight excluding hydrogens is 351 g/mol. The molecule has 1 rings (SSSR count). The van der Waals surface area contributed by atoms with E-state index < -0.39 is 0 Å². The summed E-state index contributed by atoms with van der Waals surface area (Å²) in [5.41, 5.74) is 3.49. The molecular formula is C11H16ClIN4. The summed E-state index contributed by atoms with van der Waals surface area (Å²) in [6, 6.07) is 5.60. The maximum absolute atomic E-state index is 5.89. The molecule has 1 aromatic rings. The molecule has 0 aliphatic carbocycles. The summed E-state index contributed by atoms with van der Waals surface area (Å²) in [5, 5.41) is 3.84. The zero-order chi connectivity index (χ0) is 12.7. The Bertz CT molecular complexity index is 395. The molecule has 0 spiro atoms. The van der Waals surface area contributed by atoms with Gasteiger partial charge in [0.15, 0.2) is 0 Å². The first-order valence-electron chi connectivity index (χ1n) is 5.40. The summed E-state index contributed by atoms with van der Waals surface area (Å²) >= 11 is 8.10. The van der Waals surface area contributed by atoms with Gasteiger partial charge in [-0.25, -0.2) is 5.84 Å². The van der Waals surface area contributed by atoms with Crippen LogP contribution in [0.2, 0.25) is 5.02 Å². The molecule has 0 saturated carbocycles. The van der Waals surface area contributed by atoms with E-state index in [0.717, 1.165) is 28.6 Å². The standard InChI is InChI=1S/C11H16ClIN4/c1-2-3-6-15-11(17-14)16-10-5-4-8(12)7-9(10)13/h4-5,7H,2-3,6,14H2,1H3,(H2,15,16,17). The van der Waals surface area contributed by atoms with Gasteiger partial charge in [0.1, 0.15) is 0 Å². The molecule has 0 aliphatic heterocycles. The van der Waals surface area contributed by atoms with Gasteiger partial charge in [0.05, 0.1) is 5.69 Å². The van der Waals surface area contributed by atoms with Gasteiger partial charge in [0.25, 0.3) is 0 Å². The van der Waals surface area contributed by atoms with Crippen molar-refractivity contribution in [1.29, 1.82) is 0 Å². The van der Waals surface area contributed by atoms with Gasteiger partial charge < -0.3 is 5.32 Å². The van der Waals surface area contributed by atoms with Crippen molar-refractivity contribution in [1.82, 2.24) is 5.43 Å². The Labute approximate surface area is 120 Å². The maximum atomic E-state index is 5.89. The number of aliphatic imine (C=N–C) groups is 1. The fourth-order valence-electron chi connectivity index (χ4n) is 1.19. The number of nitrogens with one attached hydrogen (secondary N) is 2. The molecule has 0 aromatic heterocycles. The summed E-state index contributed by atoms with van der Waals surface area (Å²) < 4.78 is 1.02. The van der Waals surface area contributed by atoms with Crippen molar-refractivity contribution in [2.45, 2.75) is 19.8 Å². The highest BCUT2D eigenvalue weighted by molar-refractivity contribution is 14.1. The van der Waals surface area contributed by atoms with Crippen LogP contribution in [0.3, 0.4) is 0 Å². The third-order valence-electron chi connectivity index (χ3n) is 2.10. The lowest BCUT2D eigenvalue weighted by Gasteiger charge is -2.11. The number of rotatable bonds is 4. The smallest absolute Gasteiger partial charge is 0.210 e. The van der Waals surface area contributed by atoms with Gasteiger partial charge in [-0.2, -0.15) is 0 Å². The van der Waals surface area contributed by atoms with Crippen LogP contribution in [-0.2, 0) is 0 Å². The van der Waals surface area contributed by atoms with Crippen LogP contribution in [0.5, 0.6) is 0 Å². The molecule has 17 heavy (non-hydrogen) atoms. The van der Waals surface area contributed by atoms with Crippen molar-refractivity contribution >= 4 is 45.8 Å². The molecule has 0 amide bonds. The van der Waals surface area contributed by atoms with Crippen molar-refractivity contribution < 1.29 is 0 Å². The first kappa shape index (κ1) is 14.5. The van der Waals surface area contributed by atoms with Crippen LogP contribution in [0, 0.1) is 3.57 Å². The fourth-order valence-corrected chi connectivity index (χ4v) is 2.19. The molecule has 0 bridgehead atoms. The summed E-state index contributed by atoms with van der Waals surface area (Å²) in [6.45, 7) is 2.88. The van der Waals surface area contributed by atoms with Crippen LogP contribution in [-0.4, -0.2) is 12.5 Å². The van der Waals surface area contributed by atoms with Crippen LogP contribution in [0.4, 0.5) is 5.69 Å². The molecule has 4 nitrogen and oxygen atoms in total. The van der Waals surface area contributed by atoms with Gasteiger partial charge in [-0.15, -0.1) is 0 Å². The number of nitrogens with zero attached hydrogens (tertiary/aromatic N) is 1. The van der Waals surface area contributed by atoms with Gasteiger partial charge in [0, 0.05) is 15.1 Å². The molecule has 0 heterocycles. The average Bonchev–Trinajstić information content (AvgIpc) is 2.31. The molecule has 1 aromatic carbocycles. The van der Waals surface area contributed by atoms with Crippen LogP contribution >= 0.6 is 34.2 Å². The van der Waals surface area contributed by atoms with Crippen LogP contribution in [0.1, 0.15) is 19.8 Å². The number of guanidine groups is 1. The van der Waals surface area contributed by atoms with Gasteiger partial charge in [-0.1, -0.05) is 24.9 Å². The Hall–Kier alpha value is -0.530. The SMILES string of the molecule is CCCCN=C(NN)Nc1ccc(Cl)cc1I. The monoisotopic (exact) mass is 366 g/mol. The molecule has 6 heteroatoms. The second-order valence-electron chi connectivity index (χ2n) is 3.48. The Morgan fingerprint density at radius 1 is 1.53 bits per heavy atom. The zero-order valence-corrected chi connectivity index (χ0v) is 12.5. The molecule has 0 atom stereocenters. The molecule has 0 unspecified atom stereocenters. The van der Waals surface area contributed by atoms with Crippen molar-refractivity contribution in [3.05, 3.63) is 26.8 Å². The number of unbranched alkanes of at least 4 members (excludes halogenated alkanes) is 1. The predicted molar refractivity (Wildman–Crippen MR) is 82.3 cm³/mol.